The number of carbonyl (C=O) groups excluding carboxylic acids is 1. The lowest BCUT2D eigenvalue weighted by atomic mass is 10.1. The van der Waals surface area contributed by atoms with E-state index in [0.29, 0.717) is 4.88 Å². The monoisotopic (exact) mass is 320 g/mol. The molecule has 1 aliphatic rings. The molecule has 7 heteroatoms. The minimum absolute atomic E-state index is 0.136. The number of carbonyl (C=O) groups is 2. The second-order valence-electron chi connectivity index (χ2n) is 5.47. The number of hydrogen-bond acceptors (Lipinski definition) is 5. The quantitative estimate of drug-likeness (QED) is 0.884. The molecule has 1 unspecified atom stereocenters. The smallest absolute Gasteiger partial charge is 0.308 e. The fraction of sp³-hybridized carbons (Fsp3) is 0.400. The lowest BCUT2D eigenvalue weighted by Crippen LogP contribution is -2.38. The molecule has 0 bridgehead atoms. The van der Waals surface area contributed by atoms with Gasteiger partial charge in [-0.05, 0) is 18.9 Å². The molecule has 1 fully saturated rings. The summed E-state index contributed by atoms with van der Waals surface area (Å²) in [6.07, 6.45) is 6.56. The summed E-state index contributed by atoms with van der Waals surface area (Å²) >= 11 is 1.30. The molecule has 2 aromatic rings. The fourth-order valence-corrected chi connectivity index (χ4v) is 3.05. The van der Waals surface area contributed by atoms with Crippen LogP contribution in [-0.4, -0.2) is 39.5 Å². The largest absolute Gasteiger partial charge is 0.481 e. The van der Waals surface area contributed by atoms with Crippen LogP contribution in [0.1, 0.15) is 29.4 Å². The van der Waals surface area contributed by atoms with Crippen LogP contribution in [-0.2, 0) is 4.79 Å². The molecule has 0 aromatic carbocycles. The fourth-order valence-electron chi connectivity index (χ4n) is 2.19. The summed E-state index contributed by atoms with van der Waals surface area (Å²) in [5.41, 5.74) is 0.834. The van der Waals surface area contributed by atoms with Gasteiger partial charge in [-0.3, -0.25) is 9.59 Å². The first kappa shape index (κ1) is 14.8. The Morgan fingerprint density at radius 1 is 1.55 bits per heavy atom. The second kappa shape index (κ2) is 5.92. The average Bonchev–Trinajstić information content (AvgIpc) is 3.01. The van der Waals surface area contributed by atoms with Crippen LogP contribution in [0, 0.1) is 5.92 Å². The Labute approximate surface area is 131 Å². The van der Waals surface area contributed by atoms with Gasteiger partial charge in [0, 0.05) is 18.2 Å². The summed E-state index contributed by atoms with van der Waals surface area (Å²) in [7, 11) is 0. The Kier molecular flexibility index (Phi) is 3.98. The maximum atomic E-state index is 12.6. The van der Waals surface area contributed by atoms with Crippen molar-refractivity contribution >= 4 is 23.2 Å². The predicted molar refractivity (Wildman–Crippen MR) is 80.7 cm³/mol. The first-order chi connectivity index (χ1) is 10.6. The Balaban J connectivity index is 1.77. The van der Waals surface area contributed by atoms with Crippen molar-refractivity contribution in [1.82, 2.24) is 9.88 Å². The number of furan rings is 1. The first-order valence-electron chi connectivity index (χ1n) is 7.08. The summed E-state index contributed by atoms with van der Waals surface area (Å²) in [5, 5.41) is 9.78. The molecule has 0 saturated heterocycles. The Hall–Kier alpha value is -2.15. The molecule has 6 nitrogen and oxygen atoms in total. The van der Waals surface area contributed by atoms with Gasteiger partial charge in [-0.1, -0.05) is 6.92 Å². The maximum Gasteiger partial charge on any atom is 0.308 e. The number of rotatable bonds is 6. The summed E-state index contributed by atoms with van der Waals surface area (Å²) in [6, 6.07) is 1.95. The van der Waals surface area contributed by atoms with Crippen molar-refractivity contribution in [2.45, 2.75) is 25.8 Å². The van der Waals surface area contributed by atoms with Crippen LogP contribution in [0.15, 0.2) is 29.2 Å². The van der Waals surface area contributed by atoms with E-state index in [9.17, 15) is 9.59 Å². The molecular weight excluding hydrogens is 304 g/mol. The third-order valence-corrected chi connectivity index (χ3v) is 4.66. The van der Waals surface area contributed by atoms with Crippen LogP contribution in [0.2, 0.25) is 0 Å². The van der Waals surface area contributed by atoms with E-state index in [0.717, 1.165) is 23.4 Å². The number of carboxylic acid groups (broad SMARTS) is 1. The van der Waals surface area contributed by atoms with Crippen molar-refractivity contribution < 1.29 is 19.1 Å². The third kappa shape index (κ3) is 3.04. The average molecular weight is 320 g/mol. The number of nitrogens with zero attached hydrogens (tertiary/aromatic N) is 2. The van der Waals surface area contributed by atoms with Gasteiger partial charge in [-0.15, -0.1) is 11.3 Å². The molecule has 0 aliphatic heterocycles. The van der Waals surface area contributed by atoms with E-state index in [2.05, 4.69) is 4.98 Å². The highest BCUT2D eigenvalue weighted by Crippen LogP contribution is 2.32. The number of amides is 1. The Morgan fingerprint density at radius 2 is 2.32 bits per heavy atom. The SMILES string of the molecule is CC(CN(C(=O)c1cnc(-c2ccoc2)s1)C1CC1)C(=O)O. The van der Waals surface area contributed by atoms with Crippen molar-refractivity contribution in [3.8, 4) is 10.6 Å². The van der Waals surface area contributed by atoms with Crippen molar-refractivity contribution in [2.75, 3.05) is 6.54 Å². The van der Waals surface area contributed by atoms with Crippen LogP contribution in [0.5, 0.6) is 0 Å². The highest BCUT2D eigenvalue weighted by atomic mass is 32.1. The van der Waals surface area contributed by atoms with Gasteiger partial charge in [0.2, 0.25) is 0 Å². The van der Waals surface area contributed by atoms with Gasteiger partial charge >= 0.3 is 5.97 Å². The number of aromatic nitrogens is 1. The molecule has 3 rings (SSSR count). The molecule has 0 spiro atoms. The molecule has 1 N–H and O–H groups in total. The molecule has 1 aliphatic carbocycles. The van der Waals surface area contributed by atoms with Gasteiger partial charge in [0.05, 0.1) is 18.4 Å². The molecule has 1 amide bonds. The Morgan fingerprint density at radius 3 is 2.91 bits per heavy atom. The standard InChI is InChI=1S/C15H16N2O4S/c1-9(15(19)20)7-17(11-2-3-11)14(18)12-6-16-13(22-12)10-4-5-21-8-10/h4-6,8-9,11H,2-3,7H2,1H3,(H,19,20). The highest BCUT2D eigenvalue weighted by Gasteiger charge is 2.35. The maximum absolute atomic E-state index is 12.6. The van der Waals surface area contributed by atoms with Gasteiger partial charge in [0.15, 0.2) is 0 Å². The van der Waals surface area contributed by atoms with E-state index in [1.54, 1.807) is 36.6 Å². The second-order valence-corrected chi connectivity index (χ2v) is 6.50. The molecule has 2 aromatic heterocycles. The number of carboxylic acids is 1. The van der Waals surface area contributed by atoms with Crippen LogP contribution < -0.4 is 0 Å². The normalized spacial score (nSPS) is 15.5. The summed E-state index contributed by atoms with van der Waals surface area (Å²) < 4.78 is 5.02. The van der Waals surface area contributed by atoms with Crippen molar-refractivity contribution in [3.63, 3.8) is 0 Å². The van der Waals surface area contributed by atoms with Gasteiger partial charge in [0.1, 0.15) is 16.1 Å². The van der Waals surface area contributed by atoms with Crippen LogP contribution in [0.25, 0.3) is 10.6 Å². The summed E-state index contributed by atoms with van der Waals surface area (Å²) in [6.45, 7) is 1.85. The zero-order chi connectivity index (χ0) is 15.7. The van der Waals surface area contributed by atoms with Crippen LogP contribution in [0.4, 0.5) is 0 Å². The molecule has 2 heterocycles. The van der Waals surface area contributed by atoms with E-state index in [1.165, 1.54) is 11.3 Å². The van der Waals surface area contributed by atoms with Crippen molar-refractivity contribution in [3.05, 3.63) is 29.7 Å². The van der Waals surface area contributed by atoms with Crippen molar-refractivity contribution in [2.24, 2.45) is 5.92 Å². The number of thiazole rings is 1. The molecule has 1 atom stereocenters. The molecular formula is C15H16N2O4S. The zero-order valence-corrected chi connectivity index (χ0v) is 12.9. The third-order valence-electron chi connectivity index (χ3n) is 3.63. The Bertz CT molecular complexity index is 676. The molecule has 1 saturated carbocycles. The highest BCUT2D eigenvalue weighted by molar-refractivity contribution is 7.16. The van der Waals surface area contributed by atoms with E-state index >= 15 is 0 Å². The van der Waals surface area contributed by atoms with Gasteiger partial charge in [-0.25, -0.2) is 4.98 Å². The molecule has 22 heavy (non-hydrogen) atoms. The van der Waals surface area contributed by atoms with Gasteiger partial charge in [0.25, 0.3) is 5.91 Å². The minimum Gasteiger partial charge on any atom is -0.481 e. The lowest BCUT2D eigenvalue weighted by molar-refractivity contribution is -0.141. The topological polar surface area (TPSA) is 83.6 Å². The first-order valence-corrected chi connectivity index (χ1v) is 7.90. The van der Waals surface area contributed by atoms with Gasteiger partial charge < -0.3 is 14.4 Å². The van der Waals surface area contributed by atoms with Gasteiger partial charge in [-0.2, -0.15) is 0 Å². The van der Waals surface area contributed by atoms with E-state index in [-0.39, 0.29) is 18.5 Å². The number of aliphatic carboxylic acids is 1. The molecule has 0 radical (unpaired) electrons. The molecule has 116 valence electrons. The summed E-state index contributed by atoms with van der Waals surface area (Å²) in [4.78, 5) is 30.1. The number of hydrogen-bond donors (Lipinski definition) is 1. The predicted octanol–water partition coefficient (Wildman–Crippen LogP) is 2.73. The van der Waals surface area contributed by atoms with Crippen molar-refractivity contribution in [1.29, 1.82) is 0 Å². The zero-order valence-electron chi connectivity index (χ0n) is 12.1. The minimum atomic E-state index is -0.887. The lowest BCUT2D eigenvalue weighted by Gasteiger charge is -2.23. The van der Waals surface area contributed by atoms with Crippen LogP contribution >= 0.6 is 11.3 Å². The van der Waals surface area contributed by atoms with E-state index in [1.807, 2.05) is 0 Å². The van der Waals surface area contributed by atoms with Crippen LogP contribution in [0.3, 0.4) is 0 Å². The van der Waals surface area contributed by atoms with E-state index in [4.69, 9.17) is 9.52 Å². The van der Waals surface area contributed by atoms with E-state index < -0.39 is 11.9 Å². The summed E-state index contributed by atoms with van der Waals surface area (Å²) in [5.74, 6) is -1.60.